The topological polar surface area (TPSA) is 41.5 Å². The second-order valence-electron chi connectivity index (χ2n) is 4.67. The van der Waals surface area contributed by atoms with Crippen molar-refractivity contribution in [2.75, 3.05) is 19.8 Å². The lowest BCUT2D eigenvalue weighted by Gasteiger charge is -2.27. The van der Waals surface area contributed by atoms with Crippen molar-refractivity contribution in [2.24, 2.45) is 5.92 Å². The Labute approximate surface area is 86.8 Å². The van der Waals surface area contributed by atoms with E-state index in [1.807, 2.05) is 0 Å². The van der Waals surface area contributed by atoms with E-state index in [1.165, 1.54) is 0 Å². The third-order valence-corrected chi connectivity index (χ3v) is 3.02. The molecule has 3 nitrogen and oxygen atoms in total. The molecule has 84 valence electrons. The van der Waals surface area contributed by atoms with Crippen LogP contribution in [0.4, 0.5) is 0 Å². The van der Waals surface area contributed by atoms with E-state index in [1.54, 1.807) is 0 Å². The molecule has 0 aliphatic carbocycles. The molecule has 1 aliphatic heterocycles. The lowest BCUT2D eigenvalue weighted by molar-refractivity contribution is 0.0234. The summed E-state index contributed by atoms with van der Waals surface area (Å²) >= 11 is 0. The maximum atomic E-state index is 10.0. The van der Waals surface area contributed by atoms with Gasteiger partial charge in [0.25, 0.3) is 0 Å². The Hall–Kier alpha value is -0.120. The first-order valence-corrected chi connectivity index (χ1v) is 5.61. The zero-order valence-electron chi connectivity index (χ0n) is 9.55. The van der Waals surface area contributed by atoms with E-state index in [9.17, 15) is 5.11 Å². The van der Waals surface area contributed by atoms with Crippen molar-refractivity contribution < 1.29 is 9.84 Å². The Bertz CT molecular complexity index is 165. The Kier molecular flexibility index (Phi) is 4.35. The average molecular weight is 201 g/mol. The standard InChI is InChI=1S/C11H23NO2/c1-4-10(9(2)3)12-7-11(13)5-6-14-8-11/h9-10,12-13H,4-8H2,1-3H3. The van der Waals surface area contributed by atoms with E-state index in [4.69, 9.17) is 4.74 Å². The van der Waals surface area contributed by atoms with Gasteiger partial charge in [-0.25, -0.2) is 0 Å². The number of nitrogens with one attached hydrogen (secondary N) is 1. The molecule has 0 radical (unpaired) electrons. The maximum Gasteiger partial charge on any atom is 0.102 e. The van der Waals surface area contributed by atoms with E-state index in [0.29, 0.717) is 31.7 Å². The van der Waals surface area contributed by atoms with Gasteiger partial charge >= 0.3 is 0 Å². The van der Waals surface area contributed by atoms with Gasteiger partial charge in [-0.15, -0.1) is 0 Å². The highest BCUT2D eigenvalue weighted by atomic mass is 16.5. The molecular formula is C11H23NO2. The molecule has 1 fully saturated rings. The number of hydrogen-bond donors (Lipinski definition) is 2. The molecule has 1 rings (SSSR count). The number of aliphatic hydroxyl groups is 1. The molecule has 2 N–H and O–H groups in total. The molecule has 3 heteroatoms. The van der Waals surface area contributed by atoms with Crippen LogP contribution >= 0.6 is 0 Å². The largest absolute Gasteiger partial charge is 0.386 e. The quantitative estimate of drug-likeness (QED) is 0.701. The van der Waals surface area contributed by atoms with E-state index < -0.39 is 5.60 Å². The molecule has 0 spiro atoms. The van der Waals surface area contributed by atoms with E-state index in [2.05, 4.69) is 26.1 Å². The number of hydrogen-bond acceptors (Lipinski definition) is 3. The summed E-state index contributed by atoms with van der Waals surface area (Å²) in [5, 5.41) is 13.5. The molecule has 2 atom stereocenters. The van der Waals surface area contributed by atoms with Gasteiger partial charge in [0.1, 0.15) is 5.60 Å². The Balaban J connectivity index is 2.30. The van der Waals surface area contributed by atoms with Gasteiger partial charge in [-0.05, 0) is 12.3 Å². The van der Waals surface area contributed by atoms with Crippen LogP contribution in [0.25, 0.3) is 0 Å². The van der Waals surface area contributed by atoms with Gasteiger partial charge < -0.3 is 15.2 Å². The molecule has 2 unspecified atom stereocenters. The molecular weight excluding hydrogens is 178 g/mol. The normalized spacial score (nSPS) is 29.8. The molecule has 0 saturated carbocycles. The van der Waals surface area contributed by atoms with Crippen LogP contribution in [-0.2, 0) is 4.74 Å². The zero-order chi connectivity index (χ0) is 10.6. The maximum absolute atomic E-state index is 10.0. The summed E-state index contributed by atoms with van der Waals surface area (Å²) in [5.74, 6) is 0.617. The summed E-state index contributed by atoms with van der Waals surface area (Å²) < 4.78 is 5.20. The fourth-order valence-corrected chi connectivity index (χ4v) is 1.91. The third-order valence-electron chi connectivity index (χ3n) is 3.02. The predicted molar refractivity (Wildman–Crippen MR) is 57.3 cm³/mol. The summed E-state index contributed by atoms with van der Waals surface area (Å²) in [6.45, 7) is 8.41. The minimum Gasteiger partial charge on any atom is -0.386 e. The molecule has 0 aromatic rings. The van der Waals surface area contributed by atoms with E-state index in [-0.39, 0.29) is 0 Å². The fraction of sp³-hybridized carbons (Fsp3) is 1.00. The Morgan fingerprint density at radius 3 is 2.64 bits per heavy atom. The van der Waals surface area contributed by atoms with Crippen LogP contribution in [0, 0.1) is 5.92 Å². The van der Waals surface area contributed by atoms with Crippen molar-refractivity contribution in [3.63, 3.8) is 0 Å². The van der Waals surface area contributed by atoms with Gasteiger partial charge in [0.05, 0.1) is 6.61 Å². The Morgan fingerprint density at radius 2 is 2.21 bits per heavy atom. The van der Waals surface area contributed by atoms with Crippen molar-refractivity contribution in [1.29, 1.82) is 0 Å². The molecule has 1 heterocycles. The minimum absolute atomic E-state index is 0.481. The van der Waals surface area contributed by atoms with Gasteiger partial charge in [0.2, 0.25) is 0 Å². The minimum atomic E-state index is -0.623. The van der Waals surface area contributed by atoms with E-state index >= 15 is 0 Å². The van der Waals surface area contributed by atoms with Gasteiger partial charge in [-0.3, -0.25) is 0 Å². The highest BCUT2D eigenvalue weighted by Gasteiger charge is 2.32. The third kappa shape index (κ3) is 3.23. The monoisotopic (exact) mass is 201 g/mol. The highest BCUT2D eigenvalue weighted by Crippen LogP contribution is 2.18. The molecule has 14 heavy (non-hydrogen) atoms. The molecule has 1 aliphatic rings. The summed E-state index contributed by atoms with van der Waals surface area (Å²) in [7, 11) is 0. The van der Waals surface area contributed by atoms with Gasteiger partial charge in [-0.2, -0.15) is 0 Å². The van der Waals surface area contributed by atoms with Crippen molar-refractivity contribution in [3.05, 3.63) is 0 Å². The lowest BCUT2D eigenvalue weighted by Crippen LogP contribution is -2.46. The molecule has 0 aromatic carbocycles. The average Bonchev–Trinajstić information content (AvgIpc) is 2.53. The van der Waals surface area contributed by atoms with Gasteiger partial charge in [0.15, 0.2) is 0 Å². The smallest absolute Gasteiger partial charge is 0.102 e. The van der Waals surface area contributed by atoms with E-state index in [0.717, 1.165) is 12.8 Å². The molecule has 0 amide bonds. The SMILES string of the molecule is CCC(NCC1(O)CCOC1)C(C)C. The fourth-order valence-electron chi connectivity index (χ4n) is 1.91. The van der Waals surface area contributed by atoms with Gasteiger partial charge in [-0.1, -0.05) is 20.8 Å². The van der Waals surface area contributed by atoms with Crippen molar-refractivity contribution in [2.45, 2.75) is 45.3 Å². The highest BCUT2D eigenvalue weighted by molar-refractivity contribution is 4.86. The molecule has 1 saturated heterocycles. The number of ether oxygens (including phenoxy) is 1. The first-order chi connectivity index (χ1) is 6.57. The summed E-state index contributed by atoms with van der Waals surface area (Å²) in [6, 6.07) is 0.500. The van der Waals surface area contributed by atoms with Crippen LogP contribution in [0.3, 0.4) is 0 Å². The second-order valence-corrected chi connectivity index (χ2v) is 4.67. The van der Waals surface area contributed by atoms with Crippen LogP contribution in [-0.4, -0.2) is 36.5 Å². The number of rotatable bonds is 5. The summed E-state index contributed by atoms with van der Waals surface area (Å²) in [5.41, 5.74) is -0.623. The van der Waals surface area contributed by atoms with Crippen molar-refractivity contribution in [3.8, 4) is 0 Å². The predicted octanol–water partition coefficient (Wildman–Crippen LogP) is 1.16. The second kappa shape index (κ2) is 5.10. The van der Waals surface area contributed by atoms with Crippen LogP contribution in [0.5, 0.6) is 0 Å². The van der Waals surface area contributed by atoms with Crippen LogP contribution < -0.4 is 5.32 Å². The van der Waals surface area contributed by atoms with Crippen molar-refractivity contribution >= 4 is 0 Å². The first-order valence-electron chi connectivity index (χ1n) is 5.61. The van der Waals surface area contributed by atoms with Crippen LogP contribution in [0.1, 0.15) is 33.6 Å². The Morgan fingerprint density at radius 1 is 1.50 bits per heavy atom. The van der Waals surface area contributed by atoms with Crippen molar-refractivity contribution in [1.82, 2.24) is 5.32 Å². The molecule has 0 aromatic heterocycles. The lowest BCUT2D eigenvalue weighted by atomic mass is 9.98. The van der Waals surface area contributed by atoms with Crippen LogP contribution in [0.2, 0.25) is 0 Å². The summed E-state index contributed by atoms with van der Waals surface area (Å²) in [6.07, 6.45) is 1.86. The van der Waals surface area contributed by atoms with Crippen LogP contribution in [0.15, 0.2) is 0 Å². The first kappa shape index (κ1) is 12.0. The van der Waals surface area contributed by atoms with Gasteiger partial charge in [0, 0.05) is 25.6 Å². The molecule has 0 bridgehead atoms. The summed E-state index contributed by atoms with van der Waals surface area (Å²) in [4.78, 5) is 0. The zero-order valence-corrected chi connectivity index (χ0v) is 9.55.